The Balaban J connectivity index is 4.81. The second kappa shape index (κ2) is 9.71. The van der Waals surface area contributed by atoms with E-state index in [-0.39, 0.29) is 5.41 Å². The molecular formula is C21H37N. The van der Waals surface area contributed by atoms with Gasteiger partial charge in [-0.25, -0.2) is 0 Å². The lowest BCUT2D eigenvalue weighted by Crippen LogP contribution is -2.24. The van der Waals surface area contributed by atoms with Crippen LogP contribution in [0.4, 0.5) is 0 Å². The molecule has 0 aliphatic rings. The van der Waals surface area contributed by atoms with E-state index in [1.54, 1.807) is 0 Å². The number of hydrogen-bond donors (Lipinski definition) is 1. The fourth-order valence-electron chi connectivity index (χ4n) is 2.56. The number of rotatable bonds is 9. The lowest BCUT2D eigenvalue weighted by molar-refractivity contribution is 0.244. The molecule has 0 spiro atoms. The third-order valence-electron chi connectivity index (χ3n) is 4.62. The molecule has 22 heavy (non-hydrogen) atoms. The standard InChI is InChI=1S/C21H37N/c1-10-13-22-20(7)12-11-17(4)15-19(6)21(8,9)18(5)14-16(2)3/h10-13,15-18,22H,7,14H2,1-6,8-9H3/b12-11-,13-10-,19-15-. The van der Waals surface area contributed by atoms with Gasteiger partial charge in [0.05, 0.1) is 0 Å². The molecule has 0 aliphatic carbocycles. The normalized spacial score (nSPS) is 16.5. The average molecular weight is 304 g/mol. The molecule has 1 N–H and O–H groups in total. The fourth-order valence-corrected chi connectivity index (χ4v) is 2.56. The Labute approximate surface area is 139 Å². The van der Waals surface area contributed by atoms with Gasteiger partial charge >= 0.3 is 0 Å². The second-order valence-electron chi connectivity index (χ2n) is 7.49. The maximum atomic E-state index is 3.98. The van der Waals surface area contributed by atoms with Gasteiger partial charge in [0.1, 0.15) is 0 Å². The van der Waals surface area contributed by atoms with Gasteiger partial charge in [-0.15, -0.1) is 0 Å². The Hall–Kier alpha value is -1.24. The third kappa shape index (κ3) is 7.68. The molecule has 0 aromatic carbocycles. The van der Waals surface area contributed by atoms with Crippen molar-refractivity contribution in [2.24, 2.45) is 23.2 Å². The molecule has 0 saturated carbocycles. The lowest BCUT2D eigenvalue weighted by atomic mass is 9.71. The summed E-state index contributed by atoms with van der Waals surface area (Å²) in [5.74, 6) is 1.85. The van der Waals surface area contributed by atoms with Crippen molar-refractivity contribution in [2.75, 3.05) is 0 Å². The Kier molecular flexibility index (Phi) is 9.16. The summed E-state index contributed by atoms with van der Waals surface area (Å²) in [5.41, 5.74) is 2.64. The SMILES string of the molecule is C=C(/C=C\C(C)/C=C(/C)C(C)(C)C(C)CC(C)C)N/C=C\C. The largest absolute Gasteiger partial charge is 0.363 e. The van der Waals surface area contributed by atoms with Crippen molar-refractivity contribution < 1.29 is 0 Å². The molecule has 0 heterocycles. The minimum absolute atomic E-state index is 0.243. The quantitative estimate of drug-likeness (QED) is 0.380. The Bertz CT molecular complexity index is 421. The molecule has 0 aromatic heterocycles. The van der Waals surface area contributed by atoms with Gasteiger partial charge in [0.25, 0.3) is 0 Å². The molecule has 0 radical (unpaired) electrons. The van der Waals surface area contributed by atoms with Crippen molar-refractivity contribution >= 4 is 0 Å². The molecule has 126 valence electrons. The molecule has 2 unspecified atom stereocenters. The monoisotopic (exact) mass is 303 g/mol. The Morgan fingerprint density at radius 2 is 1.77 bits per heavy atom. The van der Waals surface area contributed by atoms with Crippen molar-refractivity contribution in [3.63, 3.8) is 0 Å². The molecule has 0 aliphatic heterocycles. The van der Waals surface area contributed by atoms with Gasteiger partial charge in [0.15, 0.2) is 0 Å². The maximum absolute atomic E-state index is 3.98. The van der Waals surface area contributed by atoms with Crippen LogP contribution >= 0.6 is 0 Å². The highest BCUT2D eigenvalue weighted by Gasteiger charge is 2.28. The lowest BCUT2D eigenvalue weighted by Gasteiger charge is -2.34. The van der Waals surface area contributed by atoms with E-state index >= 15 is 0 Å². The van der Waals surface area contributed by atoms with Gasteiger partial charge in [-0.3, -0.25) is 0 Å². The molecule has 2 atom stereocenters. The van der Waals surface area contributed by atoms with E-state index < -0.39 is 0 Å². The van der Waals surface area contributed by atoms with E-state index in [1.807, 2.05) is 19.2 Å². The van der Waals surface area contributed by atoms with Gasteiger partial charge in [-0.2, -0.15) is 0 Å². The van der Waals surface area contributed by atoms with Crippen LogP contribution in [0, 0.1) is 23.2 Å². The summed E-state index contributed by atoms with van der Waals surface area (Å²) in [6, 6.07) is 0. The second-order valence-corrected chi connectivity index (χ2v) is 7.49. The van der Waals surface area contributed by atoms with E-state index in [0.717, 1.165) is 11.6 Å². The summed E-state index contributed by atoms with van der Waals surface area (Å²) in [4.78, 5) is 0. The zero-order chi connectivity index (χ0) is 17.3. The summed E-state index contributed by atoms with van der Waals surface area (Å²) >= 11 is 0. The number of allylic oxidation sites excluding steroid dienone is 5. The van der Waals surface area contributed by atoms with E-state index in [4.69, 9.17) is 0 Å². The molecular weight excluding hydrogens is 266 g/mol. The minimum Gasteiger partial charge on any atom is -0.363 e. The molecule has 0 saturated heterocycles. The first kappa shape index (κ1) is 20.8. The predicted octanol–water partition coefficient (Wildman–Crippen LogP) is 6.47. The zero-order valence-electron chi connectivity index (χ0n) is 16.0. The molecule has 1 heteroatoms. The third-order valence-corrected chi connectivity index (χ3v) is 4.62. The molecule has 0 amide bonds. The van der Waals surface area contributed by atoms with Gasteiger partial charge in [-0.05, 0) is 55.7 Å². The maximum Gasteiger partial charge on any atom is 0.0303 e. The molecule has 0 bridgehead atoms. The first-order valence-electron chi connectivity index (χ1n) is 8.54. The fraction of sp³-hybridized carbons (Fsp3) is 0.619. The number of hydrogen-bond acceptors (Lipinski definition) is 1. The van der Waals surface area contributed by atoms with Crippen LogP contribution in [0.2, 0.25) is 0 Å². The summed E-state index contributed by atoms with van der Waals surface area (Å²) < 4.78 is 0. The van der Waals surface area contributed by atoms with E-state index in [9.17, 15) is 0 Å². The Morgan fingerprint density at radius 1 is 1.18 bits per heavy atom. The van der Waals surface area contributed by atoms with Crippen LogP contribution in [-0.4, -0.2) is 0 Å². The summed E-state index contributed by atoms with van der Waals surface area (Å²) in [6.07, 6.45) is 11.8. The van der Waals surface area contributed by atoms with Crippen molar-refractivity contribution in [3.8, 4) is 0 Å². The highest BCUT2D eigenvalue weighted by molar-refractivity contribution is 5.19. The molecule has 1 nitrogen and oxygen atoms in total. The average Bonchev–Trinajstić information content (AvgIpc) is 2.41. The summed E-state index contributed by atoms with van der Waals surface area (Å²) in [7, 11) is 0. The summed E-state index contributed by atoms with van der Waals surface area (Å²) in [6.45, 7) is 22.2. The summed E-state index contributed by atoms with van der Waals surface area (Å²) in [5, 5.41) is 3.13. The van der Waals surface area contributed by atoms with Gasteiger partial charge in [-0.1, -0.05) is 71.9 Å². The van der Waals surface area contributed by atoms with Crippen molar-refractivity contribution in [2.45, 2.75) is 61.8 Å². The van der Waals surface area contributed by atoms with Crippen molar-refractivity contribution in [1.29, 1.82) is 0 Å². The van der Waals surface area contributed by atoms with E-state index in [2.05, 4.69) is 78.6 Å². The molecule has 0 rings (SSSR count). The van der Waals surface area contributed by atoms with Crippen LogP contribution in [0.5, 0.6) is 0 Å². The van der Waals surface area contributed by atoms with Crippen LogP contribution in [-0.2, 0) is 0 Å². The van der Waals surface area contributed by atoms with Crippen LogP contribution in [0.3, 0.4) is 0 Å². The first-order chi connectivity index (χ1) is 10.1. The van der Waals surface area contributed by atoms with Crippen molar-refractivity contribution in [3.05, 3.63) is 48.4 Å². The smallest absolute Gasteiger partial charge is 0.0303 e. The predicted molar refractivity (Wildman–Crippen MR) is 102 cm³/mol. The highest BCUT2D eigenvalue weighted by Crippen LogP contribution is 2.38. The van der Waals surface area contributed by atoms with Crippen LogP contribution in [0.1, 0.15) is 61.8 Å². The highest BCUT2D eigenvalue weighted by atomic mass is 14.8. The zero-order valence-corrected chi connectivity index (χ0v) is 16.0. The topological polar surface area (TPSA) is 12.0 Å². The van der Waals surface area contributed by atoms with Gasteiger partial charge in [0, 0.05) is 5.70 Å². The Morgan fingerprint density at radius 3 is 2.27 bits per heavy atom. The van der Waals surface area contributed by atoms with Crippen LogP contribution < -0.4 is 5.32 Å². The number of nitrogens with one attached hydrogen (secondary N) is 1. The minimum atomic E-state index is 0.243. The van der Waals surface area contributed by atoms with Crippen LogP contribution in [0.25, 0.3) is 0 Å². The van der Waals surface area contributed by atoms with Crippen LogP contribution in [0.15, 0.2) is 48.4 Å². The van der Waals surface area contributed by atoms with Gasteiger partial charge in [0.2, 0.25) is 0 Å². The molecule has 0 aromatic rings. The van der Waals surface area contributed by atoms with Gasteiger partial charge < -0.3 is 5.32 Å². The van der Waals surface area contributed by atoms with E-state index in [0.29, 0.717) is 11.8 Å². The first-order valence-corrected chi connectivity index (χ1v) is 8.54. The molecule has 0 fully saturated rings. The van der Waals surface area contributed by atoms with E-state index in [1.165, 1.54) is 12.0 Å². The van der Waals surface area contributed by atoms with Crippen molar-refractivity contribution in [1.82, 2.24) is 5.32 Å².